The van der Waals surface area contributed by atoms with Gasteiger partial charge in [-0.05, 0) is 20.3 Å². The minimum Gasteiger partial charge on any atom is -0.463 e. The molecule has 0 saturated carbocycles. The van der Waals surface area contributed by atoms with Crippen molar-refractivity contribution in [3.8, 4) is 0 Å². The standard InChI is InChI=1S/C21H29N3O11S2/c1-21(2,7-5-14(28)35-24-11(25)3-4-12(24)26)37-36-8-6-13(27)34-9-10-15(29)16(30)17(31)18-22-19(32)20(33)23(10)18/h10,15-18,29-31H,3-9H2,1-2H3,(H,22,32)/t10-,15-,16+,17+,18+/m1/s1. The number of hydrogen-bond donors (Lipinski definition) is 4. The van der Waals surface area contributed by atoms with E-state index in [1.165, 1.54) is 21.6 Å². The fourth-order valence-corrected chi connectivity index (χ4v) is 6.45. The van der Waals surface area contributed by atoms with E-state index >= 15 is 0 Å². The Hall–Kier alpha value is -2.40. The molecule has 0 radical (unpaired) electrons. The summed E-state index contributed by atoms with van der Waals surface area (Å²) in [5, 5.41) is 33.0. The molecule has 3 aliphatic heterocycles. The zero-order valence-corrected chi connectivity index (χ0v) is 21.8. The number of amides is 4. The second kappa shape index (κ2) is 12.0. The number of esters is 1. The van der Waals surface area contributed by atoms with Gasteiger partial charge in [0.05, 0.1) is 12.5 Å². The number of hydrogen-bond acceptors (Lipinski definition) is 13. The van der Waals surface area contributed by atoms with E-state index in [1.807, 2.05) is 13.8 Å². The number of fused-ring (bicyclic) bond motifs is 1. The van der Waals surface area contributed by atoms with E-state index in [-0.39, 0.29) is 25.7 Å². The van der Waals surface area contributed by atoms with Gasteiger partial charge in [0.1, 0.15) is 31.1 Å². The van der Waals surface area contributed by atoms with Crippen molar-refractivity contribution in [1.82, 2.24) is 15.3 Å². The van der Waals surface area contributed by atoms with Crippen molar-refractivity contribution in [2.45, 2.75) is 81.2 Å². The molecule has 4 N–H and O–H groups in total. The molecule has 14 nitrogen and oxygen atoms in total. The maximum Gasteiger partial charge on any atom is 0.333 e. The zero-order chi connectivity index (χ0) is 27.5. The van der Waals surface area contributed by atoms with Crippen LogP contribution in [-0.4, -0.2) is 108 Å². The largest absolute Gasteiger partial charge is 0.463 e. The topological polar surface area (TPSA) is 200 Å². The first kappa shape index (κ1) is 29.2. The third-order valence-electron chi connectivity index (χ3n) is 6.00. The Labute approximate surface area is 219 Å². The number of carbonyl (C=O) groups is 6. The average Bonchev–Trinajstić information content (AvgIpc) is 3.32. The highest BCUT2D eigenvalue weighted by atomic mass is 33.1. The Morgan fingerprint density at radius 2 is 1.65 bits per heavy atom. The van der Waals surface area contributed by atoms with Gasteiger partial charge in [0, 0.05) is 29.8 Å². The van der Waals surface area contributed by atoms with Crippen LogP contribution in [0.1, 0.15) is 46.0 Å². The highest BCUT2D eigenvalue weighted by Crippen LogP contribution is 2.39. The van der Waals surface area contributed by atoms with Crippen LogP contribution in [0.5, 0.6) is 0 Å². The summed E-state index contributed by atoms with van der Waals surface area (Å²) in [6.45, 7) is 3.28. The van der Waals surface area contributed by atoms with E-state index in [0.717, 1.165) is 4.90 Å². The molecule has 0 bridgehead atoms. The first-order valence-electron chi connectivity index (χ1n) is 11.5. The summed E-state index contributed by atoms with van der Waals surface area (Å²) in [4.78, 5) is 76.7. The third-order valence-corrected chi connectivity index (χ3v) is 9.35. The number of nitrogens with one attached hydrogen (secondary N) is 1. The minimum atomic E-state index is -1.65. The smallest absolute Gasteiger partial charge is 0.333 e. The second-order valence-corrected chi connectivity index (χ2v) is 12.4. The van der Waals surface area contributed by atoms with E-state index in [1.54, 1.807) is 0 Å². The van der Waals surface area contributed by atoms with Crippen molar-refractivity contribution in [3.63, 3.8) is 0 Å². The number of nitrogens with zero attached hydrogens (tertiary/aromatic N) is 2. The van der Waals surface area contributed by atoms with Crippen LogP contribution in [0.2, 0.25) is 0 Å². The molecule has 4 amide bonds. The summed E-state index contributed by atoms with van der Waals surface area (Å²) < 4.78 is 4.75. The molecule has 0 aromatic heterocycles. The van der Waals surface area contributed by atoms with Crippen LogP contribution >= 0.6 is 21.6 Å². The lowest BCUT2D eigenvalue weighted by Crippen LogP contribution is -2.68. The van der Waals surface area contributed by atoms with Crippen LogP contribution < -0.4 is 5.32 Å². The summed E-state index contributed by atoms with van der Waals surface area (Å²) >= 11 is 0. The third kappa shape index (κ3) is 6.93. The number of aliphatic hydroxyl groups excluding tert-OH is 3. The Balaban J connectivity index is 1.36. The number of piperidine rings is 1. The fourth-order valence-electron chi connectivity index (χ4n) is 3.90. The molecule has 0 spiro atoms. The molecule has 206 valence electrons. The number of imide groups is 1. The minimum absolute atomic E-state index is 0.0163. The molecular weight excluding hydrogens is 534 g/mol. The highest BCUT2D eigenvalue weighted by molar-refractivity contribution is 8.77. The van der Waals surface area contributed by atoms with Crippen LogP contribution in [0.25, 0.3) is 0 Å². The first-order valence-corrected chi connectivity index (χ1v) is 13.8. The Kier molecular flexibility index (Phi) is 9.44. The molecule has 0 aromatic rings. The first-order chi connectivity index (χ1) is 17.3. The zero-order valence-electron chi connectivity index (χ0n) is 20.2. The lowest BCUT2D eigenvalue weighted by Gasteiger charge is -2.44. The number of aliphatic hydroxyl groups is 3. The van der Waals surface area contributed by atoms with E-state index in [0.29, 0.717) is 17.2 Å². The Morgan fingerprint density at radius 3 is 2.30 bits per heavy atom. The fraction of sp³-hybridized carbons (Fsp3) is 0.714. The van der Waals surface area contributed by atoms with Crippen molar-refractivity contribution < 1.29 is 53.7 Å². The molecule has 3 rings (SSSR count). The molecule has 3 aliphatic rings. The summed E-state index contributed by atoms with van der Waals surface area (Å²) in [5.41, 5.74) is 0. The maximum absolute atomic E-state index is 12.2. The highest BCUT2D eigenvalue weighted by Gasteiger charge is 2.55. The number of ether oxygens (including phenoxy) is 1. The van der Waals surface area contributed by atoms with Crippen molar-refractivity contribution in [1.29, 1.82) is 0 Å². The average molecular weight is 564 g/mol. The maximum atomic E-state index is 12.2. The van der Waals surface area contributed by atoms with Crippen LogP contribution in [0.3, 0.4) is 0 Å². The number of carbonyl (C=O) groups excluding carboxylic acids is 6. The lowest BCUT2D eigenvalue weighted by atomic mass is 9.92. The van der Waals surface area contributed by atoms with Gasteiger partial charge in [-0.2, -0.15) is 0 Å². The predicted octanol–water partition coefficient (Wildman–Crippen LogP) is -1.78. The normalized spacial score (nSPS) is 27.9. The quantitative estimate of drug-likeness (QED) is 0.0723. The van der Waals surface area contributed by atoms with E-state index < -0.39 is 77.4 Å². The van der Waals surface area contributed by atoms with Gasteiger partial charge in [-0.25, -0.2) is 4.79 Å². The van der Waals surface area contributed by atoms with Crippen LogP contribution in [-0.2, 0) is 38.3 Å². The van der Waals surface area contributed by atoms with Crippen LogP contribution in [0.4, 0.5) is 0 Å². The van der Waals surface area contributed by atoms with Gasteiger partial charge in [0.25, 0.3) is 11.8 Å². The summed E-state index contributed by atoms with van der Waals surface area (Å²) in [5.74, 6) is -4.07. The van der Waals surface area contributed by atoms with Gasteiger partial charge in [-0.3, -0.25) is 24.0 Å². The van der Waals surface area contributed by atoms with Gasteiger partial charge in [0.2, 0.25) is 0 Å². The van der Waals surface area contributed by atoms with Crippen molar-refractivity contribution in [2.24, 2.45) is 0 Å². The molecule has 0 aliphatic carbocycles. The van der Waals surface area contributed by atoms with Crippen molar-refractivity contribution in [3.05, 3.63) is 0 Å². The number of rotatable bonds is 11. The second-order valence-electron chi connectivity index (χ2n) is 9.31. The van der Waals surface area contributed by atoms with Crippen LogP contribution in [0.15, 0.2) is 0 Å². The lowest BCUT2D eigenvalue weighted by molar-refractivity contribution is -0.197. The van der Waals surface area contributed by atoms with Gasteiger partial charge >= 0.3 is 23.8 Å². The molecule has 0 unspecified atom stereocenters. The molecule has 0 aromatic carbocycles. The molecule has 16 heteroatoms. The molecule has 3 fully saturated rings. The molecule has 5 atom stereocenters. The Morgan fingerprint density at radius 1 is 1.00 bits per heavy atom. The van der Waals surface area contributed by atoms with Gasteiger partial charge in [0.15, 0.2) is 0 Å². The predicted molar refractivity (Wildman–Crippen MR) is 127 cm³/mol. The van der Waals surface area contributed by atoms with Crippen molar-refractivity contribution in [2.75, 3.05) is 12.4 Å². The number of hydroxylamine groups is 2. The Bertz CT molecular complexity index is 946. The van der Waals surface area contributed by atoms with Gasteiger partial charge < -0.3 is 35.1 Å². The summed E-state index contributed by atoms with van der Waals surface area (Å²) in [6.07, 6.45) is -5.72. The molecular formula is C21H29N3O11S2. The molecule has 3 saturated heterocycles. The summed E-state index contributed by atoms with van der Waals surface area (Å²) in [6, 6.07) is -1.22. The van der Waals surface area contributed by atoms with E-state index in [2.05, 4.69) is 5.32 Å². The summed E-state index contributed by atoms with van der Waals surface area (Å²) in [7, 11) is 2.78. The monoisotopic (exact) mass is 563 g/mol. The SMILES string of the molecule is CC(C)(CCC(=O)ON1C(=O)CCC1=O)SSCCC(=O)OC[C@@H]1[C@@H](O)[C@H](O)[C@H](O)[C@H]2NC(=O)C(=O)N12. The van der Waals surface area contributed by atoms with E-state index in [4.69, 9.17) is 9.57 Å². The van der Waals surface area contributed by atoms with Gasteiger partial charge in [-0.1, -0.05) is 21.6 Å². The van der Waals surface area contributed by atoms with Crippen LogP contribution in [0, 0.1) is 0 Å². The van der Waals surface area contributed by atoms with Crippen molar-refractivity contribution >= 4 is 57.2 Å². The molecule has 3 heterocycles. The van der Waals surface area contributed by atoms with Gasteiger partial charge in [-0.15, -0.1) is 5.06 Å². The molecule has 37 heavy (non-hydrogen) atoms. The van der Waals surface area contributed by atoms with E-state index in [9.17, 15) is 44.1 Å².